The summed E-state index contributed by atoms with van der Waals surface area (Å²) in [5.74, 6) is -0.201. The van der Waals surface area contributed by atoms with Crippen LogP contribution in [0, 0.1) is 0 Å². The molecule has 3 amide bonds. The van der Waals surface area contributed by atoms with E-state index >= 15 is 0 Å². The van der Waals surface area contributed by atoms with E-state index in [0.29, 0.717) is 16.4 Å². The summed E-state index contributed by atoms with van der Waals surface area (Å²) in [4.78, 5) is 27.2. The van der Waals surface area contributed by atoms with Crippen LogP contribution >= 0.6 is 11.6 Å². The number of halogens is 1. The van der Waals surface area contributed by atoms with Gasteiger partial charge in [0.05, 0.1) is 16.8 Å². The van der Waals surface area contributed by atoms with Crippen molar-refractivity contribution in [2.24, 2.45) is 0 Å². The van der Waals surface area contributed by atoms with Gasteiger partial charge >= 0.3 is 6.03 Å². The molecular formula is C16H17ClN4O2. The zero-order chi connectivity index (χ0) is 16.8. The third-order valence-electron chi connectivity index (χ3n) is 3.07. The number of nitrogens with zero attached hydrogens (tertiary/aromatic N) is 1. The predicted molar refractivity (Wildman–Crippen MR) is 90.6 cm³/mol. The second kappa shape index (κ2) is 7.60. The monoisotopic (exact) mass is 332 g/mol. The number of anilines is 2. The first-order valence-corrected chi connectivity index (χ1v) is 7.38. The first-order valence-electron chi connectivity index (χ1n) is 7.00. The fourth-order valence-electron chi connectivity index (χ4n) is 1.97. The lowest BCUT2D eigenvalue weighted by molar-refractivity contribution is -0.114. The van der Waals surface area contributed by atoms with E-state index in [1.165, 1.54) is 6.92 Å². The molecule has 120 valence electrons. The van der Waals surface area contributed by atoms with E-state index in [1.54, 1.807) is 36.7 Å². The quantitative estimate of drug-likeness (QED) is 0.800. The Hall–Kier alpha value is -2.60. The van der Waals surface area contributed by atoms with Gasteiger partial charge in [-0.05, 0) is 36.8 Å². The van der Waals surface area contributed by atoms with Crippen LogP contribution in [0.5, 0.6) is 0 Å². The number of carbonyl (C=O) groups excluding carboxylic acids is 2. The molecule has 1 atom stereocenters. The number of pyridine rings is 1. The minimum Gasteiger partial charge on any atom is -0.331 e. The molecule has 7 heteroatoms. The molecule has 23 heavy (non-hydrogen) atoms. The number of hydrogen-bond acceptors (Lipinski definition) is 3. The number of carbonyl (C=O) groups is 2. The van der Waals surface area contributed by atoms with Crippen LogP contribution in [0.25, 0.3) is 0 Å². The van der Waals surface area contributed by atoms with Gasteiger partial charge in [-0.15, -0.1) is 0 Å². The van der Waals surface area contributed by atoms with Crippen molar-refractivity contribution in [2.45, 2.75) is 19.9 Å². The molecule has 1 heterocycles. The lowest BCUT2D eigenvalue weighted by Gasteiger charge is -2.15. The molecule has 0 aliphatic rings. The fourth-order valence-corrected chi connectivity index (χ4v) is 2.14. The highest BCUT2D eigenvalue weighted by Gasteiger charge is 2.11. The van der Waals surface area contributed by atoms with Gasteiger partial charge in [0.1, 0.15) is 0 Å². The van der Waals surface area contributed by atoms with Gasteiger partial charge in [0, 0.05) is 25.0 Å². The molecule has 0 fully saturated rings. The van der Waals surface area contributed by atoms with Crippen molar-refractivity contribution in [3.05, 3.63) is 53.3 Å². The Labute approximate surface area is 139 Å². The Balaban J connectivity index is 2.03. The van der Waals surface area contributed by atoms with Crippen LogP contribution in [-0.2, 0) is 4.79 Å². The highest BCUT2D eigenvalue weighted by molar-refractivity contribution is 6.33. The maximum absolute atomic E-state index is 12.1. The number of amides is 3. The first-order chi connectivity index (χ1) is 11.0. The Morgan fingerprint density at radius 2 is 2.00 bits per heavy atom. The van der Waals surface area contributed by atoms with Gasteiger partial charge < -0.3 is 16.0 Å². The lowest BCUT2D eigenvalue weighted by Crippen LogP contribution is -2.31. The number of benzene rings is 1. The normalized spacial score (nSPS) is 11.4. The molecule has 0 unspecified atom stereocenters. The van der Waals surface area contributed by atoms with Gasteiger partial charge in [-0.1, -0.05) is 17.7 Å². The summed E-state index contributed by atoms with van der Waals surface area (Å²) >= 11 is 6.07. The Kier molecular flexibility index (Phi) is 5.54. The third kappa shape index (κ3) is 4.96. The molecule has 3 N–H and O–H groups in total. The molecule has 0 bridgehead atoms. The highest BCUT2D eigenvalue weighted by Crippen LogP contribution is 2.25. The molecule has 0 aliphatic heterocycles. The SMILES string of the molecule is CC(=O)Nc1ccc(Cl)c(NC(=O)N[C@H](C)c2cccnc2)c1. The molecule has 1 aromatic heterocycles. The maximum Gasteiger partial charge on any atom is 0.319 e. The zero-order valence-electron chi connectivity index (χ0n) is 12.8. The zero-order valence-corrected chi connectivity index (χ0v) is 13.5. The Morgan fingerprint density at radius 1 is 1.22 bits per heavy atom. The Morgan fingerprint density at radius 3 is 2.65 bits per heavy atom. The molecular weight excluding hydrogens is 316 g/mol. The van der Waals surface area contributed by atoms with E-state index in [-0.39, 0.29) is 11.9 Å². The van der Waals surface area contributed by atoms with Crippen LogP contribution in [0.1, 0.15) is 25.5 Å². The van der Waals surface area contributed by atoms with E-state index < -0.39 is 6.03 Å². The highest BCUT2D eigenvalue weighted by atomic mass is 35.5. The van der Waals surface area contributed by atoms with E-state index in [2.05, 4.69) is 20.9 Å². The van der Waals surface area contributed by atoms with Crippen molar-refractivity contribution in [3.63, 3.8) is 0 Å². The summed E-state index contributed by atoms with van der Waals surface area (Å²) in [5, 5.41) is 8.48. The molecule has 6 nitrogen and oxygen atoms in total. The van der Waals surface area contributed by atoms with Gasteiger partial charge in [0.2, 0.25) is 5.91 Å². The second-order valence-electron chi connectivity index (χ2n) is 4.98. The second-order valence-corrected chi connectivity index (χ2v) is 5.39. The number of nitrogens with one attached hydrogen (secondary N) is 3. The van der Waals surface area contributed by atoms with Crippen LogP contribution in [0.15, 0.2) is 42.7 Å². The van der Waals surface area contributed by atoms with Crippen molar-refractivity contribution >= 4 is 34.9 Å². The average Bonchev–Trinajstić information content (AvgIpc) is 2.51. The van der Waals surface area contributed by atoms with Crippen LogP contribution in [0.2, 0.25) is 5.02 Å². The van der Waals surface area contributed by atoms with Crippen molar-refractivity contribution in [2.75, 3.05) is 10.6 Å². The molecule has 0 aliphatic carbocycles. The summed E-state index contributed by atoms with van der Waals surface area (Å²) < 4.78 is 0. The largest absolute Gasteiger partial charge is 0.331 e. The summed E-state index contributed by atoms with van der Waals surface area (Å²) in [7, 11) is 0. The third-order valence-corrected chi connectivity index (χ3v) is 3.40. The summed E-state index contributed by atoms with van der Waals surface area (Å²) in [5.41, 5.74) is 1.85. The summed E-state index contributed by atoms with van der Waals surface area (Å²) in [6.07, 6.45) is 3.36. The van der Waals surface area contributed by atoms with Crippen LogP contribution < -0.4 is 16.0 Å². The molecule has 0 radical (unpaired) electrons. The van der Waals surface area contributed by atoms with Gasteiger partial charge in [0.25, 0.3) is 0 Å². The van der Waals surface area contributed by atoms with Crippen molar-refractivity contribution in [1.29, 1.82) is 0 Å². The summed E-state index contributed by atoms with van der Waals surface area (Å²) in [6, 6.07) is 7.93. The number of urea groups is 1. The number of rotatable bonds is 4. The van der Waals surface area contributed by atoms with Crippen molar-refractivity contribution < 1.29 is 9.59 Å². The van der Waals surface area contributed by atoms with Crippen LogP contribution in [0.4, 0.5) is 16.2 Å². The topological polar surface area (TPSA) is 83.1 Å². The number of aromatic nitrogens is 1. The van der Waals surface area contributed by atoms with Gasteiger partial charge in [-0.3, -0.25) is 9.78 Å². The van der Waals surface area contributed by atoms with Crippen molar-refractivity contribution in [1.82, 2.24) is 10.3 Å². The first kappa shape index (κ1) is 16.8. The summed E-state index contributed by atoms with van der Waals surface area (Å²) in [6.45, 7) is 3.26. The minimum atomic E-state index is -0.400. The standard InChI is InChI=1S/C16H17ClN4O2/c1-10(12-4-3-7-18-9-12)19-16(23)21-15-8-13(20-11(2)22)5-6-14(15)17/h3-10H,1-2H3,(H,20,22)(H2,19,21,23)/t10-/m1/s1. The van der Waals surface area contributed by atoms with Gasteiger partial charge in [0.15, 0.2) is 0 Å². The molecule has 0 saturated heterocycles. The van der Waals surface area contributed by atoms with Gasteiger partial charge in [-0.2, -0.15) is 0 Å². The smallest absolute Gasteiger partial charge is 0.319 e. The van der Waals surface area contributed by atoms with Crippen LogP contribution in [-0.4, -0.2) is 16.9 Å². The van der Waals surface area contributed by atoms with Crippen LogP contribution in [0.3, 0.4) is 0 Å². The maximum atomic E-state index is 12.1. The predicted octanol–water partition coefficient (Wildman–Crippen LogP) is 3.58. The molecule has 2 aromatic rings. The molecule has 1 aromatic carbocycles. The van der Waals surface area contributed by atoms with E-state index in [4.69, 9.17) is 11.6 Å². The van der Waals surface area contributed by atoms with E-state index in [0.717, 1.165) is 5.56 Å². The Bertz CT molecular complexity index is 706. The minimum absolute atomic E-state index is 0.201. The van der Waals surface area contributed by atoms with E-state index in [1.807, 2.05) is 13.0 Å². The molecule has 0 saturated carbocycles. The molecule has 0 spiro atoms. The average molecular weight is 333 g/mol. The molecule has 2 rings (SSSR count). The van der Waals surface area contributed by atoms with Gasteiger partial charge in [-0.25, -0.2) is 4.79 Å². The lowest BCUT2D eigenvalue weighted by atomic mass is 10.1. The number of hydrogen-bond donors (Lipinski definition) is 3. The fraction of sp³-hybridized carbons (Fsp3) is 0.188. The van der Waals surface area contributed by atoms with Crippen molar-refractivity contribution in [3.8, 4) is 0 Å². The van der Waals surface area contributed by atoms with E-state index in [9.17, 15) is 9.59 Å².